The van der Waals surface area contributed by atoms with Crippen LogP contribution in [0.3, 0.4) is 0 Å². The van der Waals surface area contributed by atoms with Gasteiger partial charge < -0.3 is 14.8 Å². The van der Waals surface area contributed by atoms with Gasteiger partial charge in [0, 0.05) is 34.4 Å². The van der Waals surface area contributed by atoms with Crippen molar-refractivity contribution in [3.63, 3.8) is 0 Å². The fraction of sp³-hybridized carbons (Fsp3) is 0.0526. The average Bonchev–Trinajstić information content (AvgIpc) is 3.07. The Morgan fingerprint density at radius 1 is 1.15 bits per heavy atom. The molecule has 1 aromatic carbocycles. The van der Waals surface area contributed by atoms with E-state index in [4.69, 9.17) is 16.0 Å². The first kappa shape index (κ1) is 17.0. The van der Waals surface area contributed by atoms with Gasteiger partial charge in [-0.05, 0) is 30.3 Å². The van der Waals surface area contributed by atoms with Crippen LogP contribution in [0.25, 0.3) is 21.9 Å². The monoisotopic (exact) mass is 381 g/mol. The first-order chi connectivity index (χ1) is 13.0. The molecule has 0 unspecified atom stereocenters. The maximum Gasteiger partial charge on any atom is 0.339 e. The standard InChI is InChI=1S/C19H12ClN3O4/c20-12-4-11-5-13(27-17(11)14(6-12)19(25)26)8-23-18(24)15-9-21-7-10-2-1-3-22-16(10)15/h1-7,9H,8H2,(H,23,24)(H,25,26). The van der Waals surface area contributed by atoms with Gasteiger partial charge in [-0.25, -0.2) is 4.79 Å². The summed E-state index contributed by atoms with van der Waals surface area (Å²) in [6.07, 6.45) is 4.69. The maximum absolute atomic E-state index is 12.5. The highest BCUT2D eigenvalue weighted by atomic mass is 35.5. The average molecular weight is 382 g/mol. The molecule has 0 radical (unpaired) electrons. The molecule has 3 aromatic heterocycles. The Kier molecular flexibility index (Phi) is 4.21. The minimum atomic E-state index is -1.14. The lowest BCUT2D eigenvalue weighted by atomic mass is 10.1. The molecule has 0 bridgehead atoms. The fourth-order valence-corrected chi connectivity index (χ4v) is 3.07. The van der Waals surface area contributed by atoms with Gasteiger partial charge >= 0.3 is 5.97 Å². The zero-order chi connectivity index (χ0) is 19.0. The van der Waals surface area contributed by atoms with Gasteiger partial charge in [0.2, 0.25) is 0 Å². The van der Waals surface area contributed by atoms with Crippen LogP contribution in [0.1, 0.15) is 26.5 Å². The van der Waals surface area contributed by atoms with E-state index in [9.17, 15) is 14.7 Å². The van der Waals surface area contributed by atoms with E-state index in [1.807, 2.05) is 6.07 Å². The van der Waals surface area contributed by atoms with Crippen molar-refractivity contribution in [2.75, 3.05) is 0 Å². The van der Waals surface area contributed by atoms with Gasteiger partial charge in [-0.2, -0.15) is 0 Å². The number of carbonyl (C=O) groups excluding carboxylic acids is 1. The predicted molar refractivity (Wildman–Crippen MR) is 98.9 cm³/mol. The number of aromatic nitrogens is 2. The van der Waals surface area contributed by atoms with E-state index in [1.54, 1.807) is 30.6 Å². The van der Waals surface area contributed by atoms with E-state index in [-0.39, 0.29) is 23.6 Å². The number of nitrogens with one attached hydrogen (secondary N) is 1. The van der Waals surface area contributed by atoms with E-state index in [0.717, 1.165) is 5.39 Å². The number of aromatic carboxylic acids is 1. The molecular weight excluding hydrogens is 370 g/mol. The molecule has 8 heteroatoms. The summed E-state index contributed by atoms with van der Waals surface area (Å²) in [5, 5.41) is 13.6. The van der Waals surface area contributed by atoms with E-state index in [2.05, 4.69) is 15.3 Å². The molecule has 27 heavy (non-hydrogen) atoms. The van der Waals surface area contributed by atoms with Crippen LogP contribution in [0, 0.1) is 0 Å². The smallest absolute Gasteiger partial charge is 0.339 e. The Morgan fingerprint density at radius 2 is 2.00 bits per heavy atom. The predicted octanol–water partition coefficient (Wildman–Crippen LogP) is 3.66. The minimum absolute atomic E-state index is 0.0301. The molecule has 0 fully saturated rings. The maximum atomic E-state index is 12.5. The van der Waals surface area contributed by atoms with Crippen LogP contribution in [-0.4, -0.2) is 27.0 Å². The first-order valence-electron chi connectivity index (χ1n) is 7.95. The molecule has 2 N–H and O–H groups in total. The zero-order valence-electron chi connectivity index (χ0n) is 13.8. The Labute approximate surface area is 157 Å². The number of carbonyl (C=O) groups is 2. The highest BCUT2D eigenvalue weighted by molar-refractivity contribution is 6.32. The van der Waals surface area contributed by atoms with Crippen LogP contribution in [0.15, 0.2) is 53.3 Å². The van der Waals surface area contributed by atoms with Crippen LogP contribution in [0.5, 0.6) is 0 Å². The van der Waals surface area contributed by atoms with E-state index in [0.29, 0.717) is 27.2 Å². The highest BCUT2D eigenvalue weighted by Gasteiger charge is 2.16. The van der Waals surface area contributed by atoms with E-state index >= 15 is 0 Å². The van der Waals surface area contributed by atoms with Crippen LogP contribution in [0.4, 0.5) is 0 Å². The van der Waals surface area contributed by atoms with Crippen molar-refractivity contribution in [3.05, 3.63) is 70.8 Å². The summed E-state index contributed by atoms with van der Waals surface area (Å²) in [6.45, 7) is 0.0768. The quantitative estimate of drug-likeness (QED) is 0.559. The van der Waals surface area contributed by atoms with Crippen molar-refractivity contribution in [2.24, 2.45) is 0 Å². The SMILES string of the molecule is O=C(NCc1cc2cc(Cl)cc(C(=O)O)c2o1)c1cncc2cccnc12. The fourth-order valence-electron chi connectivity index (χ4n) is 2.84. The molecule has 4 rings (SSSR count). The van der Waals surface area contributed by atoms with E-state index in [1.165, 1.54) is 12.3 Å². The lowest BCUT2D eigenvalue weighted by Crippen LogP contribution is -2.23. The summed E-state index contributed by atoms with van der Waals surface area (Å²) in [4.78, 5) is 32.2. The second-order valence-corrected chi connectivity index (χ2v) is 6.27. The Balaban J connectivity index is 1.61. The van der Waals surface area contributed by atoms with Crippen molar-refractivity contribution in [2.45, 2.75) is 6.54 Å². The number of furan rings is 1. The molecule has 3 heterocycles. The van der Waals surface area contributed by atoms with Gasteiger partial charge in [-0.3, -0.25) is 14.8 Å². The lowest BCUT2D eigenvalue weighted by Gasteiger charge is -2.05. The molecule has 0 saturated heterocycles. The number of rotatable bonds is 4. The number of carboxylic acid groups (broad SMARTS) is 1. The molecule has 0 atom stereocenters. The van der Waals surface area contributed by atoms with Crippen molar-refractivity contribution in [3.8, 4) is 0 Å². The zero-order valence-corrected chi connectivity index (χ0v) is 14.5. The third-order valence-corrected chi connectivity index (χ3v) is 4.26. The number of nitrogens with zero attached hydrogens (tertiary/aromatic N) is 2. The topological polar surface area (TPSA) is 105 Å². The normalized spacial score (nSPS) is 11.0. The van der Waals surface area contributed by atoms with Gasteiger partial charge in [0.1, 0.15) is 16.9 Å². The second-order valence-electron chi connectivity index (χ2n) is 5.83. The summed E-state index contributed by atoms with van der Waals surface area (Å²) >= 11 is 5.95. The Bertz CT molecular complexity index is 1200. The van der Waals surface area contributed by atoms with E-state index < -0.39 is 5.97 Å². The van der Waals surface area contributed by atoms with Crippen molar-refractivity contribution < 1.29 is 19.1 Å². The third-order valence-electron chi connectivity index (χ3n) is 4.04. The number of halogens is 1. The van der Waals surface area contributed by atoms with Gasteiger partial charge in [0.05, 0.1) is 17.6 Å². The molecule has 0 aliphatic heterocycles. The molecule has 0 aliphatic carbocycles. The minimum Gasteiger partial charge on any atom is -0.478 e. The van der Waals surface area contributed by atoms with Gasteiger partial charge in [-0.1, -0.05) is 11.6 Å². The van der Waals surface area contributed by atoms with Crippen LogP contribution in [0.2, 0.25) is 5.02 Å². The van der Waals surface area contributed by atoms with Gasteiger partial charge in [-0.15, -0.1) is 0 Å². The molecule has 134 valence electrons. The molecule has 0 spiro atoms. The molecule has 0 aliphatic rings. The molecular formula is C19H12ClN3O4. The first-order valence-corrected chi connectivity index (χ1v) is 8.33. The summed E-state index contributed by atoms with van der Waals surface area (Å²) in [5.74, 6) is -1.09. The van der Waals surface area contributed by atoms with Gasteiger partial charge in [0.15, 0.2) is 0 Å². The summed E-state index contributed by atoms with van der Waals surface area (Å²) in [6, 6.07) is 8.17. The Hall–Kier alpha value is -3.45. The highest BCUT2D eigenvalue weighted by Crippen LogP contribution is 2.27. The van der Waals surface area contributed by atoms with Crippen LogP contribution in [-0.2, 0) is 6.54 Å². The van der Waals surface area contributed by atoms with Crippen molar-refractivity contribution >= 4 is 45.3 Å². The molecule has 0 saturated carbocycles. The summed E-state index contributed by atoms with van der Waals surface area (Å²) in [5.41, 5.74) is 1.08. The van der Waals surface area contributed by atoms with Crippen molar-refractivity contribution in [1.82, 2.24) is 15.3 Å². The number of fused-ring (bicyclic) bond motifs is 2. The number of amides is 1. The number of carboxylic acids is 1. The molecule has 4 aromatic rings. The largest absolute Gasteiger partial charge is 0.478 e. The second kappa shape index (κ2) is 6.69. The third kappa shape index (κ3) is 3.20. The summed E-state index contributed by atoms with van der Waals surface area (Å²) in [7, 11) is 0. The Morgan fingerprint density at radius 3 is 2.81 bits per heavy atom. The number of hydrogen-bond donors (Lipinski definition) is 2. The molecule has 7 nitrogen and oxygen atoms in total. The number of pyridine rings is 2. The summed E-state index contributed by atoms with van der Waals surface area (Å²) < 4.78 is 5.60. The van der Waals surface area contributed by atoms with Gasteiger partial charge in [0.25, 0.3) is 5.91 Å². The van der Waals surface area contributed by atoms with Crippen LogP contribution >= 0.6 is 11.6 Å². The van der Waals surface area contributed by atoms with Crippen LogP contribution < -0.4 is 5.32 Å². The van der Waals surface area contributed by atoms with Crippen molar-refractivity contribution in [1.29, 1.82) is 0 Å². The lowest BCUT2D eigenvalue weighted by molar-refractivity contribution is 0.0697. The number of benzene rings is 1. The number of hydrogen-bond acceptors (Lipinski definition) is 5. The molecule has 1 amide bonds.